The Morgan fingerprint density at radius 2 is 2.20 bits per heavy atom. The first-order valence-corrected chi connectivity index (χ1v) is 6.15. The van der Waals surface area contributed by atoms with Gasteiger partial charge in [0.15, 0.2) is 0 Å². The summed E-state index contributed by atoms with van der Waals surface area (Å²) in [6, 6.07) is 1.02. The highest BCUT2D eigenvalue weighted by atomic mass is 16.5. The lowest BCUT2D eigenvalue weighted by Crippen LogP contribution is -2.13. The molecule has 0 amide bonds. The number of ether oxygens (including phenoxy) is 1. The number of nitrogens with one attached hydrogen (secondary N) is 1. The average molecular weight is 283 g/mol. The molecule has 0 aliphatic heterocycles. The zero-order valence-electron chi connectivity index (χ0n) is 12.1. The lowest BCUT2D eigenvalue weighted by Gasteiger charge is -2.12. The van der Waals surface area contributed by atoms with Crippen LogP contribution in [0.15, 0.2) is 16.6 Å². The van der Waals surface area contributed by atoms with Gasteiger partial charge in [-0.15, -0.1) is 0 Å². The van der Waals surface area contributed by atoms with Gasteiger partial charge >= 0.3 is 0 Å². The number of carbonyl (C=O) groups is 1. The second-order valence-corrected chi connectivity index (χ2v) is 4.26. The molecular formula is C13H21N3O4. The first-order valence-electron chi connectivity index (χ1n) is 6.15. The van der Waals surface area contributed by atoms with E-state index in [9.17, 15) is 14.7 Å². The van der Waals surface area contributed by atoms with Gasteiger partial charge in [0.05, 0.1) is 12.7 Å². The van der Waals surface area contributed by atoms with E-state index < -0.39 is 5.56 Å². The van der Waals surface area contributed by atoms with E-state index in [0.717, 1.165) is 11.6 Å². The van der Waals surface area contributed by atoms with Crippen molar-refractivity contribution >= 4 is 12.0 Å². The maximum absolute atomic E-state index is 11.1. The highest BCUT2D eigenvalue weighted by molar-refractivity contribution is 5.63. The molecule has 112 valence electrons. The number of hydrogen-bond donors (Lipinski definition) is 3. The van der Waals surface area contributed by atoms with Crippen molar-refractivity contribution in [2.24, 2.45) is 11.7 Å². The third kappa shape index (κ3) is 6.03. The Morgan fingerprint density at radius 1 is 1.60 bits per heavy atom. The van der Waals surface area contributed by atoms with Crippen molar-refractivity contribution in [3.8, 4) is 5.88 Å². The van der Waals surface area contributed by atoms with Gasteiger partial charge in [0, 0.05) is 11.3 Å². The lowest BCUT2D eigenvalue weighted by molar-refractivity contribution is -0.128. The first-order chi connectivity index (χ1) is 9.33. The number of allylic oxidation sites excluding steroid dienone is 2. The average Bonchev–Trinajstić information content (AvgIpc) is 2.28. The van der Waals surface area contributed by atoms with Crippen molar-refractivity contribution < 1.29 is 14.6 Å². The van der Waals surface area contributed by atoms with Gasteiger partial charge in [0.1, 0.15) is 5.82 Å². The topological polar surface area (TPSA) is 118 Å². The van der Waals surface area contributed by atoms with Crippen LogP contribution in [-0.2, 0) is 9.53 Å². The quantitative estimate of drug-likeness (QED) is 0.709. The van der Waals surface area contributed by atoms with E-state index in [0.29, 0.717) is 24.6 Å². The van der Waals surface area contributed by atoms with Crippen LogP contribution in [0.3, 0.4) is 0 Å². The first kappa shape index (κ1) is 17.7. The number of aromatic amines is 1. The highest BCUT2D eigenvalue weighted by Crippen LogP contribution is 2.21. The molecule has 7 nitrogen and oxygen atoms in total. The predicted octanol–water partition coefficient (Wildman–Crippen LogP) is 1.00. The summed E-state index contributed by atoms with van der Waals surface area (Å²) >= 11 is 0. The number of nitrogens with zero attached hydrogens (tertiary/aromatic N) is 1. The van der Waals surface area contributed by atoms with Gasteiger partial charge in [0.25, 0.3) is 12.0 Å². The fraction of sp³-hybridized carbons (Fsp3) is 0.462. The van der Waals surface area contributed by atoms with Crippen LogP contribution in [0.25, 0.3) is 5.57 Å². The van der Waals surface area contributed by atoms with E-state index >= 15 is 0 Å². The Labute approximate surface area is 117 Å². The summed E-state index contributed by atoms with van der Waals surface area (Å²) < 4.78 is 4.15. The predicted molar refractivity (Wildman–Crippen MR) is 75.8 cm³/mol. The Balaban J connectivity index is 0.000000621. The van der Waals surface area contributed by atoms with Crippen molar-refractivity contribution in [3.63, 3.8) is 0 Å². The lowest BCUT2D eigenvalue weighted by atomic mass is 10.0. The molecule has 20 heavy (non-hydrogen) atoms. The smallest absolute Gasteiger partial charge is 0.293 e. The molecule has 0 bridgehead atoms. The van der Waals surface area contributed by atoms with Gasteiger partial charge in [-0.1, -0.05) is 13.8 Å². The van der Waals surface area contributed by atoms with Gasteiger partial charge in [0.2, 0.25) is 5.88 Å². The van der Waals surface area contributed by atoms with E-state index in [1.165, 1.54) is 0 Å². The Morgan fingerprint density at radius 3 is 2.50 bits per heavy atom. The fourth-order valence-corrected chi connectivity index (χ4v) is 1.56. The molecule has 1 aromatic rings. The number of nitrogens with two attached hydrogens (primary N) is 1. The van der Waals surface area contributed by atoms with Crippen molar-refractivity contribution in [1.29, 1.82) is 0 Å². The van der Waals surface area contributed by atoms with Crippen LogP contribution < -0.4 is 11.3 Å². The van der Waals surface area contributed by atoms with Gasteiger partial charge in [-0.2, -0.15) is 4.98 Å². The van der Waals surface area contributed by atoms with E-state index in [-0.39, 0.29) is 11.8 Å². The zero-order chi connectivity index (χ0) is 15.7. The molecule has 1 heterocycles. The second-order valence-electron chi connectivity index (χ2n) is 4.26. The van der Waals surface area contributed by atoms with Gasteiger partial charge < -0.3 is 20.6 Å². The third-order valence-electron chi connectivity index (χ3n) is 2.22. The summed E-state index contributed by atoms with van der Waals surface area (Å²) in [5.41, 5.74) is 6.64. The highest BCUT2D eigenvalue weighted by Gasteiger charge is 2.12. The minimum absolute atomic E-state index is 0.125. The summed E-state index contributed by atoms with van der Waals surface area (Å²) in [4.78, 5) is 26.7. The Kier molecular flexibility index (Phi) is 7.72. The fourth-order valence-electron chi connectivity index (χ4n) is 1.56. The van der Waals surface area contributed by atoms with E-state index in [1.807, 2.05) is 13.8 Å². The summed E-state index contributed by atoms with van der Waals surface area (Å²) in [6.07, 6.45) is 0. The third-order valence-corrected chi connectivity index (χ3v) is 2.22. The largest absolute Gasteiger partial charge is 0.493 e. The van der Waals surface area contributed by atoms with E-state index in [4.69, 9.17) is 5.73 Å². The minimum atomic E-state index is -0.392. The Hall–Kier alpha value is -2.31. The Bertz CT molecular complexity index is 517. The summed E-state index contributed by atoms with van der Waals surface area (Å²) in [5, 5.41) is 9.21. The van der Waals surface area contributed by atoms with Crippen LogP contribution in [0.4, 0.5) is 0 Å². The van der Waals surface area contributed by atoms with E-state index in [2.05, 4.69) is 14.7 Å². The van der Waals surface area contributed by atoms with Crippen molar-refractivity contribution in [3.05, 3.63) is 27.9 Å². The molecule has 0 aromatic carbocycles. The number of hydrogen-bond acceptors (Lipinski definition) is 6. The van der Waals surface area contributed by atoms with Crippen molar-refractivity contribution in [2.75, 3.05) is 6.61 Å². The van der Waals surface area contributed by atoms with Crippen LogP contribution in [-0.4, -0.2) is 28.2 Å². The summed E-state index contributed by atoms with van der Waals surface area (Å²) in [7, 11) is 0. The molecular weight excluding hydrogens is 262 g/mol. The molecule has 0 saturated carbocycles. The minimum Gasteiger partial charge on any atom is -0.493 e. The van der Waals surface area contributed by atoms with Gasteiger partial charge in [-0.05, 0) is 19.8 Å². The zero-order valence-corrected chi connectivity index (χ0v) is 12.1. The van der Waals surface area contributed by atoms with Gasteiger partial charge in [-0.25, -0.2) is 0 Å². The molecule has 0 saturated heterocycles. The number of carbonyl (C=O) groups excluding carboxylic acids is 1. The summed E-state index contributed by atoms with van der Waals surface area (Å²) in [5.74, 6) is 0.156. The molecule has 7 heteroatoms. The normalized spacial score (nSPS) is 11.2. The molecule has 0 atom stereocenters. The molecule has 0 unspecified atom stereocenters. The van der Waals surface area contributed by atoms with Gasteiger partial charge in [-0.3, -0.25) is 9.59 Å². The maximum Gasteiger partial charge on any atom is 0.293 e. The molecule has 0 aliphatic carbocycles. The SMILES string of the molecule is C/C(N)=C(/c1nc(O)cc(=O)[nH]1)C(C)C.CCOC=O. The van der Waals surface area contributed by atoms with Crippen molar-refractivity contribution in [2.45, 2.75) is 27.7 Å². The number of aromatic nitrogens is 2. The molecule has 0 aliphatic rings. The standard InChI is InChI=1S/C10H15N3O2.C3H6O2/c1-5(2)9(6(3)11)10-12-7(14)4-8(15)13-10;1-2-5-3-4/h4-5H,11H2,1-3H3,(H2,12,13,14,15);3H,2H2,1H3/b9-6-;. The molecule has 1 aromatic heterocycles. The molecule has 0 fully saturated rings. The van der Waals surface area contributed by atoms with E-state index in [1.54, 1.807) is 13.8 Å². The monoisotopic (exact) mass is 283 g/mol. The number of rotatable bonds is 4. The van der Waals surface area contributed by atoms with Crippen LogP contribution in [0.1, 0.15) is 33.5 Å². The molecule has 0 spiro atoms. The van der Waals surface area contributed by atoms with Crippen molar-refractivity contribution in [1.82, 2.24) is 9.97 Å². The van der Waals surface area contributed by atoms with Crippen LogP contribution in [0.2, 0.25) is 0 Å². The molecule has 1 rings (SSSR count). The summed E-state index contributed by atoms with van der Waals surface area (Å²) in [6.45, 7) is 8.28. The maximum atomic E-state index is 11.1. The molecule has 0 radical (unpaired) electrons. The van der Waals surface area contributed by atoms with Crippen LogP contribution >= 0.6 is 0 Å². The van der Waals surface area contributed by atoms with Crippen LogP contribution in [0.5, 0.6) is 5.88 Å². The number of aromatic hydroxyl groups is 1. The van der Waals surface area contributed by atoms with Crippen LogP contribution in [0, 0.1) is 5.92 Å². The molecule has 4 N–H and O–H groups in total. The second kappa shape index (κ2) is 8.73. The number of H-pyrrole nitrogens is 1.